The first kappa shape index (κ1) is 18.6. The van der Waals surface area contributed by atoms with Gasteiger partial charge in [-0.25, -0.2) is 0 Å². The molecule has 1 aromatic rings. The highest BCUT2D eigenvalue weighted by Gasteiger charge is 2.39. The Morgan fingerprint density at radius 1 is 1.26 bits per heavy atom. The molecule has 142 valence electrons. The number of hydrogen-bond donors (Lipinski definition) is 0. The zero-order chi connectivity index (χ0) is 19.1. The lowest BCUT2D eigenvalue weighted by Crippen LogP contribution is -2.39. The average molecular weight is 406 g/mol. The second-order valence-electron chi connectivity index (χ2n) is 7.28. The van der Waals surface area contributed by atoms with Crippen LogP contribution in [0.25, 0.3) is 0 Å². The van der Waals surface area contributed by atoms with E-state index in [-0.39, 0.29) is 23.6 Å². The molecule has 2 heterocycles. The van der Waals surface area contributed by atoms with Crippen LogP contribution in [-0.2, 0) is 14.3 Å². The van der Waals surface area contributed by atoms with E-state index in [1.54, 1.807) is 6.07 Å². The largest absolute Gasteiger partial charge is 0.469 e. The quantitative estimate of drug-likeness (QED) is 0.658. The van der Waals surface area contributed by atoms with Gasteiger partial charge in [0.15, 0.2) is 5.78 Å². The summed E-state index contributed by atoms with van der Waals surface area (Å²) in [6, 6.07) is 5.54. The molecule has 0 amide bonds. The van der Waals surface area contributed by atoms with Crippen molar-refractivity contribution in [3.05, 3.63) is 56.9 Å². The first-order valence-corrected chi connectivity index (χ1v) is 10.0. The number of benzene rings is 1. The number of Topliss-reactive ketones (excluding diaryl/α,β-unsaturated/α-hetero) is 1. The van der Waals surface area contributed by atoms with E-state index in [4.69, 9.17) is 27.9 Å². The molecule has 2 unspecified atom stereocenters. The number of methoxy groups -OCH3 is 1. The third kappa shape index (κ3) is 3.19. The fourth-order valence-electron chi connectivity index (χ4n) is 4.49. The molecule has 1 aromatic carbocycles. The van der Waals surface area contributed by atoms with Gasteiger partial charge >= 0.3 is 5.97 Å². The van der Waals surface area contributed by atoms with Crippen LogP contribution >= 0.6 is 23.2 Å². The molecule has 27 heavy (non-hydrogen) atoms. The number of hydrogen-bond acceptors (Lipinski definition) is 4. The van der Waals surface area contributed by atoms with Crippen molar-refractivity contribution >= 4 is 35.0 Å². The zero-order valence-corrected chi connectivity index (χ0v) is 16.6. The van der Waals surface area contributed by atoms with Crippen molar-refractivity contribution < 1.29 is 14.3 Å². The Morgan fingerprint density at radius 3 is 2.85 bits per heavy atom. The van der Waals surface area contributed by atoms with Gasteiger partial charge in [-0.1, -0.05) is 41.4 Å². The van der Waals surface area contributed by atoms with Crippen LogP contribution in [-0.4, -0.2) is 30.3 Å². The Morgan fingerprint density at radius 2 is 2.07 bits per heavy atom. The van der Waals surface area contributed by atoms with Crippen LogP contribution in [0.15, 0.2) is 41.2 Å². The SMILES string of the molecule is COC(=O)C1CCN2C(=CC(c3cccc(Cl)c3Cl)C3=C2CCCC3=O)C1. The summed E-state index contributed by atoms with van der Waals surface area (Å²) in [6.45, 7) is 0.730. The molecule has 3 aliphatic rings. The van der Waals surface area contributed by atoms with Crippen molar-refractivity contribution in [2.24, 2.45) is 5.92 Å². The van der Waals surface area contributed by atoms with Gasteiger partial charge in [-0.3, -0.25) is 9.59 Å². The van der Waals surface area contributed by atoms with Crippen LogP contribution in [0.3, 0.4) is 0 Å². The molecule has 6 heteroatoms. The molecule has 0 radical (unpaired) electrons. The molecule has 0 bridgehead atoms. The molecule has 1 fully saturated rings. The first-order chi connectivity index (χ1) is 13.0. The van der Waals surface area contributed by atoms with E-state index in [1.165, 1.54) is 7.11 Å². The normalized spacial score (nSPS) is 24.9. The van der Waals surface area contributed by atoms with Gasteiger partial charge in [-0.05, 0) is 30.9 Å². The number of esters is 1. The maximum atomic E-state index is 12.8. The van der Waals surface area contributed by atoms with Gasteiger partial charge in [0.1, 0.15) is 0 Å². The Kier molecular flexibility index (Phi) is 5.04. The Bertz CT molecular complexity index is 874. The Balaban J connectivity index is 1.80. The lowest BCUT2D eigenvalue weighted by Gasteiger charge is -2.43. The number of ketones is 1. The number of nitrogens with zero attached hydrogens (tertiary/aromatic N) is 1. The topological polar surface area (TPSA) is 46.6 Å². The summed E-state index contributed by atoms with van der Waals surface area (Å²) >= 11 is 12.7. The summed E-state index contributed by atoms with van der Waals surface area (Å²) in [5.74, 6) is -0.355. The lowest BCUT2D eigenvalue weighted by atomic mass is 9.76. The maximum absolute atomic E-state index is 12.8. The molecular formula is C21H21Cl2NO3. The minimum Gasteiger partial charge on any atom is -0.469 e. The van der Waals surface area contributed by atoms with Gasteiger partial charge in [-0.15, -0.1) is 0 Å². The summed E-state index contributed by atoms with van der Waals surface area (Å²) in [4.78, 5) is 27.1. The van der Waals surface area contributed by atoms with Crippen molar-refractivity contribution in [1.82, 2.24) is 4.90 Å². The summed E-state index contributed by atoms with van der Waals surface area (Å²) in [5, 5.41) is 0.969. The Hall–Kier alpha value is -1.78. The summed E-state index contributed by atoms with van der Waals surface area (Å²) in [6.07, 6.45) is 5.74. The van der Waals surface area contributed by atoms with Crippen LogP contribution in [0.1, 0.15) is 43.6 Å². The highest BCUT2D eigenvalue weighted by Crippen LogP contribution is 2.47. The van der Waals surface area contributed by atoms with Crippen molar-refractivity contribution in [3.63, 3.8) is 0 Å². The lowest BCUT2D eigenvalue weighted by molar-refractivity contribution is -0.146. The fraction of sp³-hybridized carbons (Fsp3) is 0.429. The van der Waals surface area contributed by atoms with E-state index >= 15 is 0 Å². The van der Waals surface area contributed by atoms with E-state index in [0.717, 1.165) is 48.3 Å². The van der Waals surface area contributed by atoms with E-state index in [9.17, 15) is 9.59 Å². The van der Waals surface area contributed by atoms with Crippen LogP contribution < -0.4 is 0 Å². The molecule has 1 aliphatic carbocycles. The second-order valence-corrected chi connectivity index (χ2v) is 8.07. The van der Waals surface area contributed by atoms with Crippen LogP contribution in [0.4, 0.5) is 0 Å². The number of allylic oxidation sites excluding steroid dienone is 4. The molecule has 4 nitrogen and oxygen atoms in total. The highest BCUT2D eigenvalue weighted by molar-refractivity contribution is 6.42. The molecule has 4 rings (SSSR count). The summed E-state index contributed by atoms with van der Waals surface area (Å²) < 4.78 is 4.95. The van der Waals surface area contributed by atoms with Gasteiger partial charge in [0.2, 0.25) is 0 Å². The maximum Gasteiger partial charge on any atom is 0.309 e. The predicted octanol–water partition coefficient (Wildman–Crippen LogP) is 4.87. The number of ether oxygens (including phenoxy) is 1. The highest BCUT2D eigenvalue weighted by atomic mass is 35.5. The van der Waals surface area contributed by atoms with Gasteiger partial charge < -0.3 is 9.64 Å². The molecule has 0 spiro atoms. The molecule has 2 aliphatic heterocycles. The standard InChI is InChI=1S/C21H21Cl2NO3/c1-27-21(26)12-8-9-24-13(10-12)11-15(14-4-2-5-16(22)20(14)23)19-17(24)6-3-7-18(19)25/h2,4-5,11-12,15H,3,6-10H2,1H3. The number of carbonyl (C=O) groups is 2. The van der Waals surface area contributed by atoms with E-state index in [0.29, 0.717) is 22.9 Å². The summed E-state index contributed by atoms with van der Waals surface area (Å²) in [5.41, 5.74) is 3.85. The van der Waals surface area contributed by atoms with Crippen molar-refractivity contribution in [2.75, 3.05) is 13.7 Å². The first-order valence-electron chi connectivity index (χ1n) is 9.27. The summed E-state index contributed by atoms with van der Waals surface area (Å²) in [7, 11) is 1.43. The number of halogens is 2. The average Bonchev–Trinajstić information content (AvgIpc) is 2.68. The number of carbonyl (C=O) groups excluding carboxylic acids is 2. The molecular weight excluding hydrogens is 385 g/mol. The molecule has 1 saturated heterocycles. The van der Waals surface area contributed by atoms with Gasteiger partial charge in [-0.2, -0.15) is 0 Å². The fourth-order valence-corrected chi connectivity index (χ4v) is 4.91. The predicted molar refractivity (Wildman–Crippen MR) is 105 cm³/mol. The number of fused-ring (bicyclic) bond motifs is 2. The van der Waals surface area contributed by atoms with Gasteiger partial charge in [0.05, 0.1) is 23.1 Å². The van der Waals surface area contributed by atoms with Crippen LogP contribution in [0.5, 0.6) is 0 Å². The molecule has 0 N–H and O–H groups in total. The molecule has 0 saturated carbocycles. The zero-order valence-electron chi connectivity index (χ0n) is 15.1. The van der Waals surface area contributed by atoms with E-state index < -0.39 is 0 Å². The van der Waals surface area contributed by atoms with Crippen LogP contribution in [0.2, 0.25) is 10.0 Å². The van der Waals surface area contributed by atoms with Crippen molar-refractivity contribution in [2.45, 2.75) is 38.0 Å². The third-order valence-corrected chi connectivity index (χ3v) is 6.61. The van der Waals surface area contributed by atoms with Gasteiger partial charge in [0, 0.05) is 42.3 Å². The minimum atomic E-state index is -0.221. The smallest absolute Gasteiger partial charge is 0.309 e. The van der Waals surface area contributed by atoms with Crippen molar-refractivity contribution in [3.8, 4) is 0 Å². The molecule has 2 atom stereocenters. The minimum absolute atomic E-state index is 0.144. The van der Waals surface area contributed by atoms with Crippen molar-refractivity contribution in [1.29, 1.82) is 0 Å². The van der Waals surface area contributed by atoms with E-state index in [2.05, 4.69) is 11.0 Å². The number of rotatable bonds is 2. The molecule has 0 aromatic heterocycles. The Labute approximate surface area is 168 Å². The monoisotopic (exact) mass is 405 g/mol. The van der Waals surface area contributed by atoms with E-state index in [1.807, 2.05) is 12.1 Å². The number of piperidine rings is 1. The van der Waals surface area contributed by atoms with Crippen LogP contribution in [0, 0.1) is 5.92 Å². The third-order valence-electron chi connectivity index (χ3n) is 5.78. The van der Waals surface area contributed by atoms with Gasteiger partial charge in [0.25, 0.3) is 0 Å². The second kappa shape index (κ2) is 7.33.